The van der Waals surface area contributed by atoms with Gasteiger partial charge in [-0.15, -0.1) is 0 Å². The number of anilines is 1. The summed E-state index contributed by atoms with van der Waals surface area (Å²) in [4.78, 5) is 23.8. The van der Waals surface area contributed by atoms with Crippen LogP contribution in [0.1, 0.15) is 22.3 Å². The van der Waals surface area contributed by atoms with Crippen LogP contribution in [-0.2, 0) is 11.2 Å². The van der Waals surface area contributed by atoms with E-state index in [9.17, 15) is 14.0 Å². The molecule has 0 bridgehead atoms. The maximum atomic E-state index is 12.9. The fourth-order valence-corrected chi connectivity index (χ4v) is 2.21. The summed E-state index contributed by atoms with van der Waals surface area (Å²) in [5, 5.41) is 5.27. The number of nitrogens with one attached hydrogen (secondary N) is 2. The van der Waals surface area contributed by atoms with Crippen molar-refractivity contribution >= 4 is 17.5 Å². The average Bonchev–Trinajstić information content (AvgIpc) is 2.60. The first-order valence-corrected chi connectivity index (χ1v) is 7.48. The highest BCUT2D eigenvalue weighted by atomic mass is 19.1. The zero-order chi connectivity index (χ0) is 17.5. The van der Waals surface area contributed by atoms with Gasteiger partial charge in [0, 0.05) is 19.0 Å². The van der Waals surface area contributed by atoms with Crippen LogP contribution < -0.4 is 15.4 Å². The Morgan fingerprint density at radius 2 is 1.83 bits per heavy atom. The van der Waals surface area contributed by atoms with Gasteiger partial charge in [-0.3, -0.25) is 9.59 Å². The number of ether oxygens (including phenoxy) is 1. The van der Waals surface area contributed by atoms with Crippen molar-refractivity contribution in [2.45, 2.75) is 12.8 Å². The number of hydrogen-bond acceptors (Lipinski definition) is 3. The van der Waals surface area contributed by atoms with Gasteiger partial charge in [0.15, 0.2) is 0 Å². The molecule has 0 aliphatic rings. The topological polar surface area (TPSA) is 67.4 Å². The van der Waals surface area contributed by atoms with Gasteiger partial charge in [0.05, 0.1) is 12.8 Å². The summed E-state index contributed by atoms with van der Waals surface area (Å²) < 4.78 is 18.1. The van der Waals surface area contributed by atoms with E-state index in [1.165, 1.54) is 26.3 Å². The molecule has 24 heavy (non-hydrogen) atoms. The molecule has 2 rings (SSSR count). The van der Waals surface area contributed by atoms with Crippen molar-refractivity contribution in [1.29, 1.82) is 0 Å². The van der Waals surface area contributed by atoms with Gasteiger partial charge in [-0.1, -0.05) is 12.1 Å². The Balaban J connectivity index is 2.04. The van der Waals surface area contributed by atoms with Crippen LogP contribution in [0.25, 0.3) is 0 Å². The second-order valence-corrected chi connectivity index (χ2v) is 5.17. The van der Waals surface area contributed by atoms with Crippen LogP contribution in [0.5, 0.6) is 5.75 Å². The first-order chi connectivity index (χ1) is 11.5. The van der Waals surface area contributed by atoms with Crippen molar-refractivity contribution in [1.82, 2.24) is 5.32 Å². The molecule has 2 aromatic rings. The second-order valence-electron chi connectivity index (χ2n) is 5.17. The molecule has 2 amide bonds. The molecule has 0 saturated heterocycles. The van der Waals surface area contributed by atoms with Gasteiger partial charge in [-0.2, -0.15) is 0 Å². The molecule has 6 heteroatoms. The lowest BCUT2D eigenvalue weighted by Gasteiger charge is -2.12. The zero-order valence-corrected chi connectivity index (χ0v) is 13.6. The number of halogens is 1. The van der Waals surface area contributed by atoms with Crippen molar-refractivity contribution < 1.29 is 18.7 Å². The minimum Gasteiger partial charge on any atom is -0.495 e. The maximum Gasteiger partial charge on any atom is 0.251 e. The van der Waals surface area contributed by atoms with Crippen molar-refractivity contribution in [2.24, 2.45) is 0 Å². The number of aryl methyl sites for hydroxylation is 1. The highest BCUT2D eigenvalue weighted by Crippen LogP contribution is 2.25. The first-order valence-electron chi connectivity index (χ1n) is 7.48. The Kier molecular flexibility index (Phi) is 5.89. The molecule has 0 heterocycles. The average molecular weight is 330 g/mol. The lowest BCUT2D eigenvalue weighted by Crippen LogP contribution is -2.19. The van der Waals surface area contributed by atoms with Crippen molar-refractivity contribution in [3.05, 3.63) is 59.4 Å². The molecule has 0 unspecified atom stereocenters. The second kappa shape index (κ2) is 8.10. The Bertz CT molecular complexity index is 730. The maximum absolute atomic E-state index is 12.9. The van der Waals surface area contributed by atoms with E-state index >= 15 is 0 Å². The Morgan fingerprint density at radius 1 is 1.12 bits per heavy atom. The fourth-order valence-electron chi connectivity index (χ4n) is 2.21. The molecule has 0 radical (unpaired) electrons. The summed E-state index contributed by atoms with van der Waals surface area (Å²) in [5.74, 6) is -0.303. The van der Waals surface area contributed by atoms with E-state index in [1.54, 1.807) is 30.3 Å². The van der Waals surface area contributed by atoms with Gasteiger partial charge < -0.3 is 15.4 Å². The van der Waals surface area contributed by atoms with Crippen LogP contribution in [0.2, 0.25) is 0 Å². The highest BCUT2D eigenvalue weighted by Gasteiger charge is 2.12. The number of hydrogen-bond donors (Lipinski definition) is 2. The third-order valence-corrected chi connectivity index (χ3v) is 3.52. The normalized spacial score (nSPS) is 10.1. The van der Waals surface area contributed by atoms with Gasteiger partial charge in [-0.05, 0) is 42.3 Å². The van der Waals surface area contributed by atoms with E-state index in [1.807, 2.05) is 0 Å². The zero-order valence-electron chi connectivity index (χ0n) is 13.6. The van der Waals surface area contributed by atoms with Crippen LogP contribution in [0, 0.1) is 5.82 Å². The van der Waals surface area contributed by atoms with Crippen LogP contribution in [-0.4, -0.2) is 26.0 Å². The lowest BCUT2D eigenvalue weighted by atomic mass is 10.1. The molecule has 5 nitrogen and oxygen atoms in total. The predicted octanol–water partition coefficient (Wildman–Crippen LogP) is 2.77. The summed E-state index contributed by atoms with van der Waals surface area (Å²) >= 11 is 0. The number of rotatable bonds is 6. The minimum absolute atomic E-state index is 0.216. The summed E-state index contributed by atoms with van der Waals surface area (Å²) in [5.41, 5.74) is 1.73. The van der Waals surface area contributed by atoms with E-state index in [4.69, 9.17) is 4.74 Å². The van der Waals surface area contributed by atoms with E-state index in [0.29, 0.717) is 23.4 Å². The van der Waals surface area contributed by atoms with Crippen LogP contribution in [0.15, 0.2) is 42.5 Å². The molecular weight excluding hydrogens is 311 g/mol. The Hall–Kier alpha value is -2.89. The van der Waals surface area contributed by atoms with Gasteiger partial charge in [0.1, 0.15) is 11.6 Å². The van der Waals surface area contributed by atoms with E-state index < -0.39 is 0 Å². The van der Waals surface area contributed by atoms with E-state index in [-0.39, 0.29) is 24.1 Å². The van der Waals surface area contributed by atoms with Crippen LogP contribution in [0.4, 0.5) is 10.1 Å². The molecule has 0 atom stereocenters. The number of carbonyl (C=O) groups is 2. The molecule has 0 aromatic heterocycles. The molecular formula is C18H19FN2O3. The highest BCUT2D eigenvalue weighted by molar-refractivity contribution is 5.98. The third kappa shape index (κ3) is 4.55. The predicted molar refractivity (Wildman–Crippen MR) is 89.7 cm³/mol. The first kappa shape index (κ1) is 17.5. The molecule has 2 aromatic carbocycles. The van der Waals surface area contributed by atoms with Crippen LogP contribution >= 0.6 is 0 Å². The molecule has 0 saturated carbocycles. The summed E-state index contributed by atoms with van der Waals surface area (Å²) in [6, 6.07) is 10.8. The van der Waals surface area contributed by atoms with E-state index in [2.05, 4.69) is 10.6 Å². The Labute approximate surface area is 139 Å². The summed E-state index contributed by atoms with van der Waals surface area (Å²) in [6.45, 7) is 0. The standard InChI is InChI=1S/C18H19FN2O3/c1-20-18(23)13-6-9-16(24-2)15(11-13)21-17(22)10-5-12-3-7-14(19)8-4-12/h3-4,6-9,11H,5,10H2,1-2H3,(H,20,23)(H,21,22). The number of amides is 2. The minimum atomic E-state index is -0.307. The SMILES string of the molecule is CNC(=O)c1ccc(OC)c(NC(=O)CCc2ccc(F)cc2)c1. The molecule has 0 spiro atoms. The smallest absolute Gasteiger partial charge is 0.251 e. The number of methoxy groups -OCH3 is 1. The lowest BCUT2D eigenvalue weighted by molar-refractivity contribution is -0.116. The van der Waals surface area contributed by atoms with Gasteiger partial charge in [0.2, 0.25) is 5.91 Å². The molecule has 0 fully saturated rings. The molecule has 0 aliphatic carbocycles. The quantitative estimate of drug-likeness (QED) is 0.856. The Morgan fingerprint density at radius 3 is 2.46 bits per heavy atom. The van der Waals surface area contributed by atoms with Gasteiger partial charge >= 0.3 is 0 Å². The van der Waals surface area contributed by atoms with E-state index in [0.717, 1.165) is 5.56 Å². The van der Waals surface area contributed by atoms with Crippen molar-refractivity contribution in [3.63, 3.8) is 0 Å². The third-order valence-electron chi connectivity index (χ3n) is 3.52. The van der Waals surface area contributed by atoms with Gasteiger partial charge in [-0.25, -0.2) is 4.39 Å². The number of carbonyl (C=O) groups excluding carboxylic acids is 2. The number of benzene rings is 2. The summed E-state index contributed by atoms with van der Waals surface area (Å²) in [7, 11) is 3.02. The summed E-state index contributed by atoms with van der Waals surface area (Å²) in [6.07, 6.45) is 0.725. The van der Waals surface area contributed by atoms with Crippen molar-refractivity contribution in [3.8, 4) is 5.75 Å². The van der Waals surface area contributed by atoms with Gasteiger partial charge in [0.25, 0.3) is 5.91 Å². The fraction of sp³-hybridized carbons (Fsp3) is 0.222. The molecule has 0 aliphatic heterocycles. The molecule has 2 N–H and O–H groups in total. The van der Waals surface area contributed by atoms with Crippen molar-refractivity contribution in [2.75, 3.05) is 19.5 Å². The monoisotopic (exact) mass is 330 g/mol. The largest absolute Gasteiger partial charge is 0.495 e. The van der Waals surface area contributed by atoms with Crippen LogP contribution in [0.3, 0.4) is 0 Å². The molecule has 126 valence electrons.